The van der Waals surface area contributed by atoms with Gasteiger partial charge in [0.05, 0.1) is 13.7 Å². The highest BCUT2D eigenvalue weighted by Crippen LogP contribution is 2.17. The number of carbonyl (C=O) groups is 1. The van der Waals surface area contributed by atoms with Gasteiger partial charge in [0, 0.05) is 0 Å². The summed E-state index contributed by atoms with van der Waals surface area (Å²) in [4.78, 5) is 12.6. The quantitative estimate of drug-likeness (QED) is 0.684. The highest BCUT2D eigenvalue weighted by atomic mass is 32.1. The molecule has 0 bridgehead atoms. The number of amides is 1. The maximum atomic E-state index is 12.0. The number of ether oxygens (including phenoxy) is 2. The fourth-order valence-corrected chi connectivity index (χ4v) is 2.69. The van der Waals surface area contributed by atoms with Gasteiger partial charge < -0.3 is 14.8 Å². The van der Waals surface area contributed by atoms with E-state index in [2.05, 4.69) is 20.6 Å². The zero-order valence-corrected chi connectivity index (χ0v) is 13.5. The molecule has 1 aromatic carbocycles. The van der Waals surface area contributed by atoms with E-state index in [0.29, 0.717) is 28.9 Å². The molecule has 0 aliphatic heterocycles. The first-order valence-electron chi connectivity index (χ1n) is 6.91. The highest BCUT2D eigenvalue weighted by molar-refractivity contribution is 7.18. The summed E-state index contributed by atoms with van der Waals surface area (Å²) in [5.74, 6) is 1.88. The number of aromatic nitrogens is 4. The van der Waals surface area contributed by atoms with Gasteiger partial charge in [-0.25, -0.2) is 0 Å². The average molecular weight is 333 g/mol. The maximum absolute atomic E-state index is 12.0. The molecule has 0 atom stereocenters. The Morgan fingerprint density at radius 3 is 2.70 bits per heavy atom. The third-order valence-corrected chi connectivity index (χ3v) is 3.95. The molecule has 23 heavy (non-hydrogen) atoms. The molecule has 1 amide bonds. The van der Waals surface area contributed by atoms with Gasteiger partial charge in [0.15, 0.2) is 5.82 Å². The zero-order valence-electron chi connectivity index (χ0n) is 12.6. The molecule has 8 nitrogen and oxygen atoms in total. The third-order valence-electron chi connectivity index (χ3n) is 3.06. The van der Waals surface area contributed by atoms with Crippen LogP contribution >= 0.6 is 11.3 Å². The fraction of sp³-hybridized carbons (Fsp3) is 0.286. The second-order valence-corrected chi connectivity index (χ2v) is 5.58. The number of methoxy groups -OCH3 is 1. The van der Waals surface area contributed by atoms with Crippen molar-refractivity contribution in [3.8, 4) is 11.5 Å². The van der Waals surface area contributed by atoms with Crippen molar-refractivity contribution >= 4 is 22.2 Å². The molecular formula is C14H15N5O3S. The first-order valence-corrected chi connectivity index (χ1v) is 7.73. The number of hydrogen-bond donors (Lipinski definition) is 1. The van der Waals surface area contributed by atoms with Crippen molar-refractivity contribution in [1.82, 2.24) is 25.1 Å². The normalized spacial score (nSPS) is 10.7. The highest BCUT2D eigenvalue weighted by Gasteiger charge is 2.14. The Balaban J connectivity index is 1.48. The van der Waals surface area contributed by atoms with Crippen molar-refractivity contribution in [3.05, 3.63) is 35.1 Å². The van der Waals surface area contributed by atoms with Crippen LogP contribution in [0.4, 0.5) is 0 Å². The number of aryl methyl sites for hydroxylation is 1. The van der Waals surface area contributed by atoms with E-state index in [4.69, 9.17) is 9.47 Å². The maximum Gasteiger partial charge on any atom is 0.282 e. The first kappa shape index (κ1) is 15.2. The summed E-state index contributed by atoms with van der Waals surface area (Å²) in [6.45, 7) is 2.52. The minimum absolute atomic E-state index is 0.252. The van der Waals surface area contributed by atoms with Gasteiger partial charge in [-0.05, 0) is 31.2 Å². The first-order chi connectivity index (χ1) is 11.2. The van der Waals surface area contributed by atoms with Crippen molar-refractivity contribution in [3.63, 3.8) is 0 Å². The van der Waals surface area contributed by atoms with Crippen molar-refractivity contribution in [2.24, 2.45) is 0 Å². The average Bonchev–Trinajstić information content (AvgIpc) is 3.14. The zero-order chi connectivity index (χ0) is 16.2. The van der Waals surface area contributed by atoms with E-state index < -0.39 is 0 Å². The number of benzene rings is 1. The van der Waals surface area contributed by atoms with Gasteiger partial charge in [-0.15, -0.1) is 15.3 Å². The molecular weight excluding hydrogens is 318 g/mol. The molecule has 0 saturated carbocycles. The lowest BCUT2D eigenvalue weighted by Crippen LogP contribution is -2.28. The molecule has 0 saturated heterocycles. The van der Waals surface area contributed by atoms with Crippen LogP contribution in [0.5, 0.6) is 11.5 Å². The van der Waals surface area contributed by atoms with Crippen molar-refractivity contribution in [2.45, 2.75) is 6.92 Å². The van der Waals surface area contributed by atoms with E-state index in [1.807, 2.05) is 24.3 Å². The summed E-state index contributed by atoms with van der Waals surface area (Å²) in [6.07, 6.45) is 0. The molecule has 0 aliphatic rings. The molecule has 0 aliphatic carbocycles. The molecule has 0 radical (unpaired) electrons. The summed E-state index contributed by atoms with van der Waals surface area (Å²) in [5.41, 5.74) is 0. The van der Waals surface area contributed by atoms with E-state index in [1.165, 1.54) is 11.3 Å². The molecule has 2 heterocycles. The van der Waals surface area contributed by atoms with Crippen molar-refractivity contribution in [1.29, 1.82) is 0 Å². The molecule has 1 N–H and O–H groups in total. The summed E-state index contributed by atoms with van der Waals surface area (Å²) < 4.78 is 12.2. The Morgan fingerprint density at radius 2 is 2.00 bits per heavy atom. The van der Waals surface area contributed by atoms with Crippen LogP contribution in [0.2, 0.25) is 0 Å². The Morgan fingerprint density at radius 1 is 1.26 bits per heavy atom. The number of hydrogen-bond acceptors (Lipinski definition) is 7. The van der Waals surface area contributed by atoms with Gasteiger partial charge in [0.1, 0.15) is 18.1 Å². The Bertz CT molecular complexity index is 812. The largest absolute Gasteiger partial charge is 0.497 e. The predicted molar refractivity (Wildman–Crippen MR) is 84.2 cm³/mol. The second-order valence-electron chi connectivity index (χ2n) is 4.63. The number of rotatable bonds is 6. The van der Waals surface area contributed by atoms with Crippen LogP contribution in [0, 0.1) is 6.92 Å². The van der Waals surface area contributed by atoms with Crippen LogP contribution in [0.15, 0.2) is 24.3 Å². The topological polar surface area (TPSA) is 90.6 Å². The van der Waals surface area contributed by atoms with Gasteiger partial charge in [-0.1, -0.05) is 11.3 Å². The van der Waals surface area contributed by atoms with Crippen LogP contribution in [-0.2, 0) is 0 Å². The van der Waals surface area contributed by atoms with Gasteiger partial charge >= 0.3 is 0 Å². The summed E-state index contributed by atoms with van der Waals surface area (Å²) in [6, 6.07) is 7.25. The van der Waals surface area contributed by atoms with Crippen molar-refractivity contribution in [2.75, 3.05) is 20.3 Å². The molecule has 0 spiro atoms. The fourth-order valence-electron chi connectivity index (χ4n) is 1.89. The van der Waals surface area contributed by atoms with E-state index in [0.717, 1.165) is 11.5 Å². The second kappa shape index (κ2) is 6.61. The molecule has 0 fully saturated rings. The van der Waals surface area contributed by atoms with Gasteiger partial charge in [-0.2, -0.15) is 4.52 Å². The minimum atomic E-state index is -0.252. The number of nitrogens with zero attached hydrogens (tertiary/aromatic N) is 4. The van der Waals surface area contributed by atoms with Crippen LogP contribution < -0.4 is 14.8 Å². The molecule has 120 valence electrons. The summed E-state index contributed by atoms with van der Waals surface area (Å²) >= 11 is 1.20. The van der Waals surface area contributed by atoms with Crippen LogP contribution in [-0.4, -0.2) is 46.0 Å². The minimum Gasteiger partial charge on any atom is -0.497 e. The Hall–Kier alpha value is -2.68. The van der Waals surface area contributed by atoms with Gasteiger partial charge in [0.25, 0.3) is 5.91 Å². The predicted octanol–water partition coefficient (Wildman–Crippen LogP) is 1.31. The molecule has 9 heteroatoms. The van der Waals surface area contributed by atoms with E-state index >= 15 is 0 Å². The van der Waals surface area contributed by atoms with Crippen LogP contribution in [0.25, 0.3) is 4.96 Å². The third kappa shape index (κ3) is 3.39. The standard InChI is InChI=1S/C14H15N5O3S/c1-9-16-17-14-19(9)18-13(23-14)12(20)15-7-8-22-11-5-3-10(21-2)4-6-11/h3-6H,7-8H2,1-2H3,(H,15,20). The van der Waals surface area contributed by atoms with E-state index in [-0.39, 0.29) is 5.91 Å². The number of carbonyl (C=O) groups excluding carboxylic acids is 1. The number of fused-ring (bicyclic) bond motifs is 1. The van der Waals surface area contributed by atoms with Crippen LogP contribution in [0.3, 0.4) is 0 Å². The monoisotopic (exact) mass is 333 g/mol. The van der Waals surface area contributed by atoms with E-state index in [1.54, 1.807) is 18.5 Å². The van der Waals surface area contributed by atoms with Crippen molar-refractivity contribution < 1.29 is 14.3 Å². The SMILES string of the molecule is COc1ccc(OCCNC(=O)c2nn3c(C)nnc3s2)cc1. The lowest BCUT2D eigenvalue weighted by atomic mass is 10.3. The molecule has 0 unspecified atom stereocenters. The Kier molecular flexibility index (Phi) is 4.38. The summed E-state index contributed by atoms with van der Waals surface area (Å²) in [5, 5.41) is 15.1. The Labute approximate surface area is 136 Å². The lowest BCUT2D eigenvalue weighted by Gasteiger charge is -2.07. The number of nitrogens with one attached hydrogen (secondary N) is 1. The van der Waals surface area contributed by atoms with Gasteiger partial charge in [0.2, 0.25) is 9.97 Å². The van der Waals surface area contributed by atoms with Crippen LogP contribution in [0.1, 0.15) is 15.6 Å². The van der Waals surface area contributed by atoms with E-state index in [9.17, 15) is 4.79 Å². The lowest BCUT2D eigenvalue weighted by molar-refractivity contribution is 0.0945. The smallest absolute Gasteiger partial charge is 0.282 e. The molecule has 3 aromatic rings. The molecule has 3 rings (SSSR count). The van der Waals surface area contributed by atoms with Gasteiger partial charge in [-0.3, -0.25) is 4.79 Å². The molecule has 2 aromatic heterocycles. The summed E-state index contributed by atoms with van der Waals surface area (Å²) in [7, 11) is 1.61.